The third kappa shape index (κ3) is 20.3. The lowest BCUT2D eigenvalue weighted by molar-refractivity contribution is -0.148. The molecule has 3 aromatic rings. The molecule has 18 heteroatoms. The molecule has 0 saturated carbocycles. The molecule has 3 aromatic carbocycles. The molecule has 66 heavy (non-hydrogen) atoms. The number of allylic oxidation sites excluding steroid dienone is 1. The Morgan fingerprint density at radius 3 is 1.48 bits per heavy atom. The summed E-state index contributed by atoms with van der Waals surface area (Å²) in [6.07, 6.45) is 2.01. The molecule has 0 aliphatic carbocycles. The first-order chi connectivity index (χ1) is 31.4. The van der Waals surface area contributed by atoms with E-state index in [-0.39, 0.29) is 32.7 Å². The number of hydrogen-bond acceptors (Lipinski definition) is 12. The Morgan fingerprint density at radius 2 is 1.02 bits per heavy atom. The summed E-state index contributed by atoms with van der Waals surface area (Å²) in [6, 6.07) is 27.4. The smallest absolute Gasteiger partial charge is 0.321 e. The molecule has 18 nitrogen and oxygen atoms in total. The van der Waals surface area contributed by atoms with Crippen molar-refractivity contribution in [1.29, 1.82) is 0 Å². The standard InChI is InChI=1S/C48H66N6O12/c1-49(2)29-30-66-39-20-18-38(19-21-39)47(37-15-9-6-10-16-37)40(36-13-7-5-8-14-36)17-11-12-22-50(3)23-24-51(4)42(55)31-41(48(64)65)54(27-25-52(32-43(56)57)33-44(58)59)28-26-53(34-45(60)61)35-46(62)63/h5-10,13-16,18-21,41H,11-12,17,22-35H2,1-4H3,(H,56,57)(H,58,59)(H,60,61)(H,62,63)(H,64,65)/b47-40-/t41-/m0/s1. The normalized spacial score (nSPS) is 12.4. The van der Waals surface area contributed by atoms with Crippen LogP contribution in [0.2, 0.25) is 0 Å². The topological polar surface area (TPSA) is 232 Å². The number of unbranched alkanes of at least 4 members (excludes halogenated alkanes) is 1. The highest BCUT2D eigenvalue weighted by Gasteiger charge is 2.31. The van der Waals surface area contributed by atoms with Gasteiger partial charge in [-0.05, 0) is 86.9 Å². The van der Waals surface area contributed by atoms with E-state index in [2.05, 4.69) is 46.2 Å². The molecule has 0 heterocycles. The van der Waals surface area contributed by atoms with E-state index < -0.39 is 74.4 Å². The molecule has 0 aromatic heterocycles. The molecule has 1 atom stereocenters. The number of carbonyl (C=O) groups is 6. The number of carboxylic acids is 5. The van der Waals surface area contributed by atoms with E-state index in [1.54, 1.807) is 7.05 Å². The SMILES string of the molecule is CN(C)CCOc1ccc(/C(=C(/CCCCN(C)CCN(C)C(=O)C[C@@H](C(=O)O)N(CCN(CC(=O)O)CC(=O)O)CCN(CC(=O)O)CC(=O)O)c2ccccc2)c2ccccc2)cc1. The van der Waals surface area contributed by atoms with Crippen molar-refractivity contribution in [3.63, 3.8) is 0 Å². The maximum atomic E-state index is 13.6. The molecule has 360 valence electrons. The van der Waals surface area contributed by atoms with E-state index in [9.17, 15) is 54.3 Å². The van der Waals surface area contributed by atoms with Crippen molar-refractivity contribution < 1.29 is 59.0 Å². The maximum Gasteiger partial charge on any atom is 0.321 e. The predicted molar refractivity (Wildman–Crippen MR) is 249 cm³/mol. The van der Waals surface area contributed by atoms with Gasteiger partial charge in [0.1, 0.15) is 18.4 Å². The maximum absolute atomic E-state index is 13.6. The summed E-state index contributed by atoms with van der Waals surface area (Å²) in [6.45, 7) is -0.586. The molecular formula is C48H66N6O12. The van der Waals surface area contributed by atoms with Gasteiger partial charge in [-0.25, -0.2) is 0 Å². The number of hydrogen-bond donors (Lipinski definition) is 5. The number of ether oxygens (including phenoxy) is 1. The van der Waals surface area contributed by atoms with Gasteiger partial charge in [0, 0.05) is 52.9 Å². The summed E-state index contributed by atoms with van der Waals surface area (Å²) in [4.78, 5) is 81.0. The molecular weight excluding hydrogens is 853 g/mol. The Bertz CT molecular complexity index is 1960. The first kappa shape index (κ1) is 54.2. The van der Waals surface area contributed by atoms with Crippen LogP contribution in [0.5, 0.6) is 5.75 Å². The van der Waals surface area contributed by atoms with Gasteiger partial charge in [-0.1, -0.05) is 72.8 Å². The largest absolute Gasteiger partial charge is 0.492 e. The van der Waals surface area contributed by atoms with Crippen LogP contribution in [0.4, 0.5) is 0 Å². The second-order valence-corrected chi connectivity index (χ2v) is 16.4. The van der Waals surface area contributed by atoms with Crippen molar-refractivity contribution in [1.82, 2.24) is 29.4 Å². The fourth-order valence-electron chi connectivity index (χ4n) is 7.33. The Labute approximate surface area is 386 Å². The minimum absolute atomic E-state index is 0.211. The lowest BCUT2D eigenvalue weighted by Gasteiger charge is -2.33. The summed E-state index contributed by atoms with van der Waals surface area (Å²) in [7, 11) is 7.53. The number of carboxylic acid groups (broad SMARTS) is 5. The van der Waals surface area contributed by atoms with Crippen molar-refractivity contribution in [3.05, 3.63) is 102 Å². The van der Waals surface area contributed by atoms with Gasteiger partial charge < -0.3 is 45.0 Å². The molecule has 0 saturated heterocycles. The molecule has 0 radical (unpaired) electrons. The Hall–Kier alpha value is -6.18. The van der Waals surface area contributed by atoms with Crippen LogP contribution in [0.25, 0.3) is 11.1 Å². The van der Waals surface area contributed by atoms with Crippen molar-refractivity contribution in [2.45, 2.75) is 31.7 Å². The first-order valence-corrected chi connectivity index (χ1v) is 21.9. The number of benzene rings is 3. The van der Waals surface area contributed by atoms with Crippen LogP contribution in [-0.2, 0) is 28.8 Å². The van der Waals surface area contributed by atoms with Crippen LogP contribution in [0.15, 0.2) is 84.9 Å². The van der Waals surface area contributed by atoms with Crippen molar-refractivity contribution >= 4 is 46.9 Å². The van der Waals surface area contributed by atoms with Crippen LogP contribution in [0.3, 0.4) is 0 Å². The van der Waals surface area contributed by atoms with Gasteiger partial charge in [-0.15, -0.1) is 0 Å². The van der Waals surface area contributed by atoms with Gasteiger partial charge in [0.25, 0.3) is 0 Å². The van der Waals surface area contributed by atoms with Gasteiger partial charge >= 0.3 is 29.8 Å². The summed E-state index contributed by atoms with van der Waals surface area (Å²) < 4.78 is 5.99. The number of carbonyl (C=O) groups excluding carboxylic acids is 1. The average molecular weight is 919 g/mol. The lowest BCUT2D eigenvalue weighted by atomic mass is 9.87. The van der Waals surface area contributed by atoms with Crippen molar-refractivity contribution in [3.8, 4) is 5.75 Å². The first-order valence-electron chi connectivity index (χ1n) is 21.9. The Morgan fingerprint density at radius 1 is 0.530 bits per heavy atom. The summed E-state index contributed by atoms with van der Waals surface area (Å²) in [5.41, 5.74) is 5.67. The lowest BCUT2D eigenvalue weighted by Crippen LogP contribution is -2.51. The van der Waals surface area contributed by atoms with E-state index in [4.69, 9.17) is 4.74 Å². The second kappa shape index (κ2) is 28.7. The van der Waals surface area contributed by atoms with E-state index in [1.807, 2.05) is 69.7 Å². The number of rotatable bonds is 33. The molecule has 0 bridgehead atoms. The summed E-state index contributed by atoms with van der Waals surface area (Å²) >= 11 is 0. The molecule has 0 unspecified atom stereocenters. The quantitative estimate of drug-likeness (QED) is 0.0436. The minimum atomic E-state index is -1.47. The Kier molecular flexibility index (Phi) is 23.5. The highest BCUT2D eigenvalue weighted by Crippen LogP contribution is 2.36. The highest BCUT2D eigenvalue weighted by molar-refractivity contribution is 5.98. The zero-order chi connectivity index (χ0) is 48.6. The van der Waals surface area contributed by atoms with Crippen LogP contribution in [0, 0.1) is 0 Å². The fraction of sp³-hybridized carbons (Fsp3) is 0.458. The molecule has 1 amide bonds. The number of likely N-dealkylation sites (N-methyl/N-ethyl adjacent to an activating group) is 3. The predicted octanol–water partition coefficient (Wildman–Crippen LogP) is 3.23. The fourth-order valence-corrected chi connectivity index (χ4v) is 7.33. The minimum Gasteiger partial charge on any atom is -0.492 e. The zero-order valence-corrected chi connectivity index (χ0v) is 38.5. The van der Waals surface area contributed by atoms with Crippen LogP contribution >= 0.6 is 0 Å². The summed E-state index contributed by atoms with van der Waals surface area (Å²) in [5.74, 6) is -6.31. The highest BCUT2D eigenvalue weighted by atomic mass is 16.5. The van der Waals surface area contributed by atoms with Gasteiger partial charge in [0.15, 0.2) is 0 Å². The van der Waals surface area contributed by atoms with Crippen LogP contribution in [0.1, 0.15) is 42.4 Å². The Balaban J connectivity index is 1.71. The number of amides is 1. The molecule has 0 aliphatic rings. The van der Waals surface area contributed by atoms with Gasteiger partial charge in [-0.3, -0.25) is 43.5 Å². The third-order valence-corrected chi connectivity index (χ3v) is 10.8. The van der Waals surface area contributed by atoms with Crippen molar-refractivity contribution in [2.75, 3.05) is 113 Å². The monoisotopic (exact) mass is 918 g/mol. The number of aliphatic carboxylic acids is 5. The molecule has 0 aliphatic heterocycles. The van der Waals surface area contributed by atoms with E-state index in [0.717, 1.165) is 70.2 Å². The van der Waals surface area contributed by atoms with E-state index in [1.165, 1.54) is 15.4 Å². The zero-order valence-electron chi connectivity index (χ0n) is 38.5. The average Bonchev–Trinajstić information content (AvgIpc) is 3.25. The molecule has 3 rings (SSSR count). The molecule has 0 spiro atoms. The van der Waals surface area contributed by atoms with Gasteiger partial charge in [-0.2, -0.15) is 0 Å². The van der Waals surface area contributed by atoms with Crippen molar-refractivity contribution in [2.24, 2.45) is 0 Å². The van der Waals surface area contributed by atoms with Crippen LogP contribution in [-0.4, -0.2) is 210 Å². The second-order valence-electron chi connectivity index (χ2n) is 16.4. The third-order valence-electron chi connectivity index (χ3n) is 10.8. The molecule has 0 fully saturated rings. The van der Waals surface area contributed by atoms with Crippen LogP contribution < -0.4 is 4.74 Å². The summed E-state index contributed by atoms with van der Waals surface area (Å²) in [5, 5.41) is 47.6. The van der Waals surface area contributed by atoms with E-state index in [0.29, 0.717) is 13.2 Å². The van der Waals surface area contributed by atoms with E-state index >= 15 is 0 Å². The van der Waals surface area contributed by atoms with Gasteiger partial charge in [0.05, 0.1) is 32.6 Å². The molecule has 5 N–H and O–H groups in total. The van der Waals surface area contributed by atoms with Gasteiger partial charge in [0.2, 0.25) is 5.91 Å². The number of nitrogens with zero attached hydrogens (tertiary/aromatic N) is 6.